The number of aliphatic hydroxyl groups excluding tert-OH is 1. The van der Waals surface area contributed by atoms with Crippen LogP contribution < -0.4 is 0 Å². The van der Waals surface area contributed by atoms with Crippen LogP contribution in [0.3, 0.4) is 0 Å². The SMILES string of the molecule is CCc1ccc2nc(C(CC)N(C)CCO)[nH]c2c1. The summed E-state index contributed by atoms with van der Waals surface area (Å²) in [5.41, 5.74) is 3.44. The summed E-state index contributed by atoms with van der Waals surface area (Å²) in [6.45, 7) is 5.13. The largest absolute Gasteiger partial charge is 0.395 e. The first-order chi connectivity index (χ1) is 9.19. The third-order valence-electron chi connectivity index (χ3n) is 3.66. The Morgan fingerprint density at radius 3 is 2.79 bits per heavy atom. The molecular weight excluding hydrogens is 238 g/mol. The Morgan fingerprint density at radius 1 is 1.37 bits per heavy atom. The minimum atomic E-state index is 0.174. The molecule has 0 saturated heterocycles. The molecule has 0 fully saturated rings. The van der Waals surface area contributed by atoms with Gasteiger partial charge in [0.25, 0.3) is 0 Å². The summed E-state index contributed by atoms with van der Waals surface area (Å²) in [4.78, 5) is 10.2. The second kappa shape index (κ2) is 6.17. The lowest BCUT2D eigenvalue weighted by Gasteiger charge is -2.24. The molecule has 0 aliphatic carbocycles. The molecule has 2 N–H and O–H groups in total. The lowest BCUT2D eigenvalue weighted by atomic mass is 10.1. The molecule has 0 radical (unpaired) electrons. The number of aromatic nitrogens is 2. The van der Waals surface area contributed by atoms with Crippen LogP contribution in [-0.2, 0) is 6.42 Å². The summed E-state index contributed by atoms with van der Waals surface area (Å²) in [6.07, 6.45) is 2.00. The maximum atomic E-state index is 9.06. The molecule has 1 aromatic carbocycles. The lowest BCUT2D eigenvalue weighted by molar-refractivity contribution is 0.173. The van der Waals surface area contributed by atoms with E-state index in [0.29, 0.717) is 6.54 Å². The summed E-state index contributed by atoms with van der Waals surface area (Å²) in [6, 6.07) is 6.60. The highest BCUT2D eigenvalue weighted by Gasteiger charge is 2.18. The summed E-state index contributed by atoms with van der Waals surface area (Å²) >= 11 is 0. The average molecular weight is 261 g/mol. The predicted molar refractivity (Wildman–Crippen MR) is 78.2 cm³/mol. The van der Waals surface area contributed by atoms with Crippen LogP contribution in [0.25, 0.3) is 11.0 Å². The second-order valence-electron chi connectivity index (χ2n) is 4.96. The first-order valence-electron chi connectivity index (χ1n) is 6.99. The van der Waals surface area contributed by atoms with Crippen molar-refractivity contribution in [2.75, 3.05) is 20.2 Å². The number of imidazole rings is 1. The third kappa shape index (κ3) is 2.96. The smallest absolute Gasteiger partial charge is 0.124 e. The van der Waals surface area contributed by atoms with Crippen LogP contribution in [0.2, 0.25) is 0 Å². The standard InChI is InChI=1S/C15H23N3O/c1-4-11-6-7-12-13(10-11)17-15(16-12)14(5-2)18(3)8-9-19/h6-7,10,14,19H,4-5,8-9H2,1-3H3,(H,16,17). The second-order valence-corrected chi connectivity index (χ2v) is 4.96. The van der Waals surface area contributed by atoms with E-state index in [-0.39, 0.29) is 12.6 Å². The van der Waals surface area contributed by atoms with Gasteiger partial charge in [0.15, 0.2) is 0 Å². The minimum Gasteiger partial charge on any atom is -0.395 e. The van der Waals surface area contributed by atoms with E-state index in [1.165, 1.54) is 5.56 Å². The van der Waals surface area contributed by atoms with Crippen molar-refractivity contribution in [2.24, 2.45) is 0 Å². The van der Waals surface area contributed by atoms with E-state index in [9.17, 15) is 0 Å². The summed E-state index contributed by atoms with van der Waals surface area (Å²) in [7, 11) is 2.02. The zero-order chi connectivity index (χ0) is 13.8. The van der Waals surface area contributed by atoms with E-state index < -0.39 is 0 Å². The van der Waals surface area contributed by atoms with Gasteiger partial charge in [-0.3, -0.25) is 4.90 Å². The highest BCUT2D eigenvalue weighted by Crippen LogP contribution is 2.23. The molecule has 1 aromatic heterocycles. The zero-order valence-electron chi connectivity index (χ0n) is 12.0. The number of aliphatic hydroxyl groups is 1. The molecule has 104 valence electrons. The van der Waals surface area contributed by atoms with Gasteiger partial charge >= 0.3 is 0 Å². The van der Waals surface area contributed by atoms with E-state index in [1.807, 2.05) is 7.05 Å². The van der Waals surface area contributed by atoms with E-state index in [1.54, 1.807) is 0 Å². The first-order valence-corrected chi connectivity index (χ1v) is 6.99. The summed E-state index contributed by atoms with van der Waals surface area (Å²) < 4.78 is 0. The Kier molecular flexibility index (Phi) is 4.56. The maximum absolute atomic E-state index is 9.06. The molecule has 19 heavy (non-hydrogen) atoms. The molecule has 0 amide bonds. The van der Waals surface area contributed by atoms with Gasteiger partial charge in [0.2, 0.25) is 0 Å². The van der Waals surface area contributed by atoms with E-state index in [0.717, 1.165) is 29.7 Å². The highest BCUT2D eigenvalue weighted by atomic mass is 16.3. The van der Waals surface area contributed by atoms with Crippen molar-refractivity contribution < 1.29 is 5.11 Å². The van der Waals surface area contributed by atoms with Crippen molar-refractivity contribution >= 4 is 11.0 Å². The topological polar surface area (TPSA) is 52.1 Å². The van der Waals surface area contributed by atoms with Gasteiger partial charge in [0.1, 0.15) is 5.82 Å². The Balaban J connectivity index is 2.33. The fraction of sp³-hybridized carbons (Fsp3) is 0.533. The third-order valence-corrected chi connectivity index (χ3v) is 3.66. The van der Waals surface area contributed by atoms with Crippen molar-refractivity contribution in [1.82, 2.24) is 14.9 Å². The van der Waals surface area contributed by atoms with Crippen LogP contribution in [0.4, 0.5) is 0 Å². The molecule has 4 heteroatoms. The first kappa shape index (κ1) is 14.0. The highest BCUT2D eigenvalue weighted by molar-refractivity contribution is 5.76. The fourth-order valence-electron chi connectivity index (χ4n) is 2.48. The van der Waals surface area contributed by atoms with Gasteiger partial charge in [-0.2, -0.15) is 0 Å². The number of hydrogen-bond acceptors (Lipinski definition) is 3. The van der Waals surface area contributed by atoms with Gasteiger partial charge in [-0.25, -0.2) is 4.98 Å². The monoisotopic (exact) mass is 261 g/mol. The number of hydrogen-bond donors (Lipinski definition) is 2. The van der Waals surface area contributed by atoms with Crippen LogP contribution in [0, 0.1) is 0 Å². The summed E-state index contributed by atoms with van der Waals surface area (Å²) in [5, 5.41) is 9.06. The number of aryl methyl sites for hydroxylation is 1. The molecule has 0 aliphatic heterocycles. The molecule has 0 saturated carbocycles. The molecule has 1 atom stereocenters. The van der Waals surface area contributed by atoms with Crippen LogP contribution in [0.1, 0.15) is 37.7 Å². The number of H-pyrrole nitrogens is 1. The van der Waals surface area contributed by atoms with E-state index >= 15 is 0 Å². The van der Waals surface area contributed by atoms with Crippen LogP contribution in [0.5, 0.6) is 0 Å². The van der Waals surface area contributed by atoms with Crippen LogP contribution in [-0.4, -0.2) is 40.2 Å². The lowest BCUT2D eigenvalue weighted by Crippen LogP contribution is -2.27. The van der Waals surface area contributed by atoms with Gasteiger partial charge in [0, 0.05) is 6.54 Å². The molecule has 0 bridgehead atoms. The number of fused-ring (bicyclic) bond motifs is 1. The predicted octanol–water partition coefficient (Wildman–Crippen LogP) is 2.50. The van der Waals surface area contributed by atoms with Gasteiger partial charge in [0.05, 0.1) is 23.7 Å². The number of nitrogens with zero attached hydrogens (tertiary/aromatic N) is 2. The van der Waals surface area contributed by atoms with Crippen molar-refractivity contribution in [3.05, 3.63) is 29.6 Å². The number of rotatable bonds is 6. The van der Waals surface area contributed by atoms with E-state index in [4.69, 9.17) is 5.11 Å². The summed E-state index contributed by atoms with van der Waals surface area (Å²) in [5.74, 6) is 0.988. The van der Waals surface area contributed by atoms with Gasteiger partial charge in [-0.05, 0) is 37.6 Å². The fourth-order valence-corrected chi connectivity index (χ4v) is 2.48. The number of benzene rings is 1. The van der Waals surface area contributed by atoms with Crippen LogP contribution >= 0.6 is 0 Å². The zero-order valence-corrected chi connectivity index (χ0v) is 12.0. The van der Waals surface area contributed by atoms with Crippen molar-refractivity contribution in [1.29, 1.82) is 0 Å². The minimum absolute atomic E-state index is 0.174. The molecule has 0 spiro atoms. The Labute approximate surface area is 114 Å². The molecular formula is C15H23N3O. The Morgan fingerprint density at radius 2 is 2.16 bits per heavy atom. The van der Waals surface area contributed by atoms with Gasteiger partial charge in [-0.15, -0.1) is 0 Å². The average Bonchev–Trinajstić information content (AvgIpc) is 2.82. The Hall–Kier alpha value is -1.39. The molecule has 0 aliphatic rings. The van der Waals surface area contributed by atoms with Gasteiger partial charge < -0.3 is 10.1 Å². The quantitative estimate of drug-likeness (QED) is 0.840. The molecule has 4 nitrogen and oxygen atoms in total. The van der Waals surface area contributed by atoms with Crippen molar-refractivity contribution in [3.63, 3.8) is 0 Å². The van der Waals surface area contributed by atoms with E-state index in [2.05, 4.69) is 46.9 Å². The number of nitrogens with one attached hydrogen (secondary N) is 1. The van der Waals surface area contributed by atoms with Gasteiger partial charge in [-0.1, -0.05) is 19.9 Å². The Bertz CT molecular complexity index is 535. The van der Waals surface area contributed by atoms with Crippen molar-refractivity contribution in [3.8, 4) is 0 Å². The number of aromatic amines is 1. The normalized spacial score (nSPS) is 13.3. The van der Waals surface area contributed by atoms with Crippen molar-refractivity contribution in [2.45, 2.75) is 32.7 Å². The molecule has 2 aromatic rings. The maximum Gasteiger partial charge on any atom is 0.124 e. The molecule has 2 rings (SSSR count). The van der Waals surface area contributed by atoms with Crippen LogP contribution in [0.15, 0.2) is 18.2 Å². The molecule has 1 heterocycles. The molecule has 1 unspecified atom stereocenters. The number of likely N-dealkylation sites (N-methyl/N-ethyl adjacent to an activating group) is 1.